The molecule has 0 amide bonds. The number of hydrogen-bond acceptors (Lipinski definition) is 5. The van der Waals surface area contributed by atoms with E-state index in [0.29, 0.717) is 5.69 Å². The summed E-state index contributed by atoms with van der Waals surface area (Å²) in [6, 6.07) is 8.67. The quantitative estimate of drug-likeness (QED) is 0.792. The maximum Gasteiger partial charge on any atom is 0.273 e. The third kappa shape index (κ3) is 3.07. The Hall–Kier alpha value is -1.90. The van der Waals surface area contributed by atoms with E-state index in [1.807, 2.05) is 6.07 Å². The van der Waals surface area contributed by atoms with Gasteiger partial charge in [-0.25, -0.2) is 18.1 Å². The second-order valence-electron chi connectivity index (χ2n) is 4.04. The highest BCUT2D eigenvalue weighted by Crippen LogP contribution is 2.24. The second kappa shape index (κ2) is 5.47. The van der Waals surface area contributed by atoms with Gasteiger partial charge in [-0.2, -0.15) is 5.10 Å². The molecule has 9 heteroatoms. The Morgan fingerprint density at radius 1 is 1.24 bits per heavy atom. The van der Waals surface area contributed by atoms with Crippen molar-refractivity contribution in [2.24, 2.45) is 0 Å². The van der Waals surface area contributed by atoms with Crippen molar-refractivity contribution in [3.05, 3.63) is 53.4 Å². The van der Waals surface area contributed by atoms with E-state index in [-0.39, 0.29) is 8.68 Å². The monoisotopic (exact) mass is 340 g/mol. The van der Waals surface area contributed by atoms with Crippen LogP contribution < -0.4 is 4.72 Å². The molecule has 0 radical (unpaired) electrons. The van der Waals surface area contributed by atoms with Crippen LogP contribution >= 0.6 is 22.9 Å². The Labute approximate surface area is 130 Å². The number of benzene rings is 1. The van der Waals surface area contributed by atoms with Gasteiger partial charge in [0.15, 0.2) is 8.68 Å². The molecule has 6 nitrogen and oxygen atoms in total. The summed E-state index contributed by atoms with van der Waals surface area (Å²) in [5.41, 5.74) is 1.29. The average Bonchev–Trinajstić information content (AvgIpc) is 3.10. The van der Waals surface area contributed by atoms with Gasteiger partial charge in [-0.3, -0.25) is 4.72 Å². The predicted molar refractivity (Wildman–Crippen MR) is 81.5 cm³/mol. The summed E-state index contributed by atoms with van der Waals surface area (Å²) in [7, 11) is -3.66. The lowest BCUT2D eigenvalue weighted by Crippen LogP contribution is -2.11. The van der Waals surface area contributed by atoms with Crippen LogP contribution in [0.25, 0.3) is 5.69 Å². The number of sulfonamides is 1. The predicted octanol–water partition coefficient (Wildman–Crippen LogP) is 2.78. The van der Waals surface area contributed by atoms with Gasteiger partial charge in [-0.05, 0) is 30.3 Å². The fourth-order valence-electron chi connectivity index (χ4n) is 1.67. The van der Waals surface area contributed by atoms with Crippen molar-refractivity contribution in [2.45, 2.75) is 4.21 Å². The van der Waals surface area contributed by atoms with E-state index >= 15 is 0 Å². The first-order valence-electron chi connectivity index (χ1n) is 5.79. The molecule has 0 saturated carbocycles. The lowest BCUT2D eigenvalue weighted by molar-refractivity contribution is 0.603. The molecule has 0 aliphatic rings. The van der Waals surface area contributed by atoms with Gasteiger partial charge in [0.2, 0.25) is 0 Å². The molecule has 2 aromatic heterocycles. The Morgan fingerprint density at radius 2 is 2.00 bits per heavy atom. The van der Waals surface area contributed by atoms with E-state index in [9.17, 15) is 8.42 Å². The van der Waals surface area contributed by atoms with Gasteiger partial charge in [0.05, 0.1) is 11.9 Å². The third-order valence-electron chi connectivity index (χ3n) is 2.61. The molecule has 0 unspecified atom stereocenters. The van der Waals surface area contributed by atoms with Crippen molar-refractivity contribution in [1.29, 1.82) is 0 Å². The molecule has 0 atom stereocenters. The van der Waals surface area contributed by atoms with Gasteiger partial charge in [0, 0.05) is 18.1 Å². The van der Waals surface area contributed by atoms with Crippen LogP contribution in [0.2, 0.25) is 4.47 Å². The molecule has 0 saturated heterocycles. The van der Waals surface area contributed by atoms with Crippen molar-refractivity contribution >= 4 is 38.6 Å². The summed E-state index contributed by atoms with van der Waals surface area (Å²) in [4.78, 5) is 3.73. The van der Waals surface area contributed by atoms with E-state index in [2.05, 4.69) is 14.8 Å². The van der Waals surface area contributed by atoms with Crippen LogP contribution in [-0.4, -0.2) is 23.2 Å². The van der Waals surface area contributed by atoms with Crippen LogP contribution in [0.5, 0.6) is 0 Å². The Balaban J connectivity index is 1.82. The Morgan fingerprint density at radius 3 is 2.57 bits per heavy atom. The minimum atomic E-state index is -3.66. The molecule has 1 N–H and O–H groups in total. The molecule has 2 heterocycles. The van der Waals surface area contributed by atoms with E-state index in [0.717, 1.165) is 17.0 Å². The summed E-state index contributed by atoms with van der Waals surface area (Å²) in [6.07, 6.45) is 4.70. The lowest BCUT2D eigenvalue weighted by atomic mass is 10.3. The molecule has 3 rings (SSSR count). The van der Waals surface area contributed by atoms with E-state index < -0.39 is 10.0 Å². The van der Waals surface area contributed by atoms with Gasteiger partial charge in [0.1, 0.15) is 0 Å². The van der Waals surface area contributed by atoms with Gasteiger partial charge in [-0.15, -0.1) is 0 Å². The minimum absolute atomic E-state index is 0.0728. The molecule has 0 aliphatic carbocycles. The number of aromatic nitrogens is 3. The first-order chi connectivity index (χ1) is 10.0. The molecule has 0 fully saturated rings. The summed E-state index contributed by atoms with van der Waals surface area (Å²) in [5.74, 6) is 0. The van der Waals surface area contributed by atoms with Crippen LogP contribution in [0.3, 0.4) is 0 Å². The number of hydrogen-bond donors (Lipinski definition) is 1. The lowest BCUT2D eigenvalue weighted by Gasteiger charge is -2.07. The molecule has 0 aliphatic heterocycles. The Bertz CT molecular complexity index is 842. The number of nitrogens with zero attached hydrogens (tertiary/aromatic N) is 3. The van der Waals surface area contributed by atoms with Crippen molar-refractivity contribution in [3.63, 3.8) is 0 Å². The first-order valence-corrected chi connectivity index (χ1v) is 8.46. The molecule has 0 spiro atoms. The summed E-state index contributed by atoms with van der Waals surface area (Å²) >= 11 is 6.56. The van der Waals surface area contributed by atoms with Crippen LogP contribution in [0.1, 0.15) is 0 Å². The summed E-state index contributed by atoms with van der Waals surface area (Å²) in [5, 5.41) is 4.10. The fraction of sp³-hybridized carbons (Fsp3) is 0. The largest absolute Gasteiger partial charge is 0.279 e. The fourth-order valence-corrected chi connectivity index (χ4v) is 4.02. The highest BCUT2D eigenvalue weighted by atomic mass is 35.5. The minimum Gasteiger partial charge on any atom is -0.279 e. The zero-order chi connectivity index (χ0) is 14.9. The van der Waals surface area contributed by atoms with Gasteiger partial charge < -0.3 is 0 Å². The maximum absolute atomic E-state index is 12.1. The van der Waals surface area contributed by atoms with Crippen LogP contribution in [-0.2, 0) is 10.0 Å². The third-order valence-corrected chi connectivity index (χ3v) is 5.57. The highest BCUT2D eigenvalue weighted by molar-refractivity contribution is 7.94. The SMILES string of the molecule is O=S(=O)(Nc1ccc(-n2cccn2)cc1)c1cnc(Cl)s1. The van der Waals surface area contributed by atoms with Gasteiger partial charge in [-0.1, -0.05) is 22.9 Å². The molecule has 0 bridgehead atoms. The molecular weight excluding hydrogens is 332 g/mol. The maximum atomic E-state index is 12.1. The number of halogens is 1. The summed E-state index contributed by atoms with van der Waals surface area (Å²) in [6.45, 7) is 0. The van der Waals surface area contributed by atoms with Crippen molar-refractivity contribution in [1.82, 2.24) is 14.8 Å². The van der Waals surface area contributed by atoms with Crippen LogP contribution in [0.15, 0.2) is 53.1 Å². The van der Waals surface area contributed by atoms with E-state index in [1.54, 1.807) is 41.3 Å². The molecule has 3 aromatic rings. The average molecular weight is 341 g/mol. The second-order valence-corrected chi connectivity index (χ2v) is 7.56. The molecular formula is C12H9ClN4O2S2. The smallest absolute Gasteiger partial charge is 0.273 e. The zero-order valence-corrected chi connectivity index (χ0v) is 12.9. The zero-order valence-electron chi connectivity index (χ0n) is 10.5. The van der Waals surface area contributed by atoms with Crippen LogP contribution in [0.4, 0.5) is 5.69 Å². The number of thiazole rings is 1. The molecule has 1 aromatic carbocycles. The standard InChI is InChI=1S/C12H9ClN4O2S2/c13-12-14-8-11(20-12)21(18,19)16-9-2-4-10(5-3-9)17-7-1-6-15-17/h1-8,16H. The van der Waals surface area contributed by atoms with Gasteiger partial charge >= 0.3 is 0 Å². The van der Waals surface area contributed by atoms with Crippen LogP contribution in [0, 0.1) is 0 Å². The van der Waals surface area contributed by atoms with Gasteiger partial charge in [0.25, 0.3) is 10.0 Å². The van der Waals surface area contributed by atoms with Crippen molar-refractivity contribution in [2.75, 3.05) is 4.72 Å². The number of rotatable bonds is 4. The number of anilines is 1. The summed E-state index contributed by atoms with van der Waals surface area (Å²) < 4.78 is 28.6. The highest BCUT2D eigenvalue weighted by Gasteiger charge is 2.17. The topological polar surface area (TPSA) is 76.9 Å². The first kappa shape index (κ1) is 14.1. The van der Waals surface area contributed by atoms with E-state index in [1.165, 1.54) is 6.20 Å². The normalized spacial score (nSPS) is 11.5. The van der Waals surface area contributed by atoms with E-state index in [4.69, 9.17) is 11.6 Å². The Kier molecular flexibility index (Phi) is 3.66. The van der Waals surface area contributed by atoms with Crippen molar-refractivity contribution in [3.8, 4) is 5.69 Å². The molecule has 108 valence electrons. The molecule has 21 heavy (non-hydrogen) atoms. The number of nitrogens with one attached hydrogen (secondary N) is 1. The van der Waals surface area contributed by atoms with Crippen molar-refractivity contribution < 1.29 is 8.42 Å².